The number of pyridine rings is 1. The van der Waals surface area contributed by atoms with Crippen molar-refractivity contribution in [3.8, 4) is 0 Å². The molecule has 0 unspecified atom stereocenters. The molecule has 1 heterocycles. The van der Waals surface area contributed by atoms with Gasteiger partial charge in [-0.05, 0) is 43.7 Å². The number of halogens is 1. The number of hydrogen-bond donors (Lipinski definition) is 1. The molecular weight excluding hydrogens is 366 g/mol. The number of carbonyl (C=O) groups excluding carboxylic acids is 1. The minimum absolute atomic E-state index is 0.242. The molecule has 0 bridgehead atoms. The van der Waals surface area contributed by atoms with Gasteiger partial charge in [0.25, 0.3) is 5.91 Å². The van der Waals surface area contributed by atoms with E-state index >= 15 is 0 Å². The van der Waals surface area contributed by atoms with Crippen LogP contribution in [0, 0.1) is 6.92 Å². The van der Waals surface area contributed by atoms with Crippen LogP contribution in [0.4, 0.5) is 0 Å². The van der Waals surface area contributed by atoms with Crippen LogP contribution in [0.3, 0.4) is 0 Å². The summed E-state index contributed by atoms with van der Waals surface area (Å²) in [5.41, 5.74) is 6.51. The molecule has 1 N–H and O–H groups in total. The lowest BCUT2D eigenvalue weighted by molar-refractivity contribution is 0.0956. The Morgan fingerprint density at radius 3 is 2.58 bits per heavy atom. The number of hydrazone groups is 1. The van der Waals surface area contributed by atoms with Crippen LogP contribution in [-0.2, 0) is 0 Å². The maximum absolute atomic E-state index is 12.5. The zero-order chi connectivity index (χ0) is 17.1. The van der Waals surface area contributed by atoms with E-state index in [-0.39, 0.29) is 5.91 Å². The van der Waals surface area contributed by atoms with Crippen molar-refractivity contribution in [3.05, 3.63) is 75.9 Å². The summed E-state index contributed by atoms with van der Waals surface area (Å²) < 4.78 is 1.00. The van der Waals surface area contributed by atoms with Crippen molar-refractivity contribution in [2.75, 3.05) is 0 Å². The Labute approximate surface area is 148 Å². The van der Waals surface area contributed by atoms with E-state index < -0.39 is 0 Å². The van der Waals surface area contributed by atoms with Crippen LogP contribution in [0.2, 0.25) is 0 Å². The Bertz CT molecular complexity index is 933. The van der Waals surface area contributed by atoms with Gasteiger partial charge in [0, 0.05) is 15.6 Å². The summed E-state index contributed by atoms with van der Waals surface area (Å²) in [6, 6.07) is 17.1. The first-order valence-corrected chi connectivity index (χ1v) is 8.31. The van der Waals surface area contributed by atoms with Crippen LogP contribution < -0.4 is 5.43 Å². The van der Waals surface area contributed by atoms with Crippen LogP contribution in [0.25, 0.3) is 10.9 Å². The van der Waals surface area contributed by atoms with Gasteiger partial charge < -0.3 is 0 Å². The highest BCUT2D eigenvalue weighted by Gasteiger charge is 2.11. The van der Waals surface area contributed by atoms with Gasteiger partial charge in [0.05, 0.1) is 16.8 Å². The van der Waals surface area contributed by atoms with Crippen molar-refractivity contribution in [1.29, 1.82) is 0 Å². The minimum Gasteiger partial charge on any atom is -0.267 e. The second kappa shape index (κ2) is 6.93. The molecule has 24 heavy (non-hydrogen) atoms. The molecule has 0 fully saturated rings. The highest BCUT2D eigenvalue weighted by Crippen LogP contribution is 2.18. The van der Waals surface area contributed by atoms with Gasteiger partial charge in [-0.15, -0.1) is 0 Å². The average Bonchev–Trinajstić information content (AvgIpc) is 2.59. The van der Waals surface area contributed by atoms with Gasteiger partial charge in [-0.25, -0.2) is 5.43 Å². The lowest BCUT2D eigenvalue weighted by Crippen LogP contribution is -2.20. The van der Waals surface area contributed by atoms with Crippen molar-refractivity contribution in [2.45, 2.75) is 13.8 Å². The number of rotatable bonds is 3. The van der Waals surface area contributed by atoms with Crippen molar-refractivity contribution < 1.29 is 4.79 Å². The third-order valence-corrected chi connectivity index (χ3v) is 4.20. The molecule has 0 radical (unpaired) electrons. The summed E-state index contributed by atoms with van der Waals surface area (Å²) in [6.45, 7) is 3.74. The number of hydrogen-bond acceptors (Lipinski definition) is 3. The molecule has 0 spiro atoms. The molecule has 0 saturated carbocycles. The molecule has 4 nitrogen and oxygen atoms in total. The Hall–Kier alpha value is -2.53. The zero-order valence-corrected chi connectivity index (χ0v) is 15.0. The van der Waals surface area contributed by atoms with Gasteiger partial charge in [0.1, 0.15) is 0 Å². The topological polar surface area (TPSA) is 54.4 Å². The van der Waals surface area contributed by atoms with Crippen molar-refractivity contribution in [2.24, 2.45) is 5.10 Å². The van der Waals surface area contributed by atoms with Crippen LogP contribution in [0.15, 0.2) is 64.2 Å². The first kappa shape index (κ1) is 16.3. The summed E-state index contributed by atoms with van der Waals surface area (Å²) in [5, 5.41) is 5.04. The quantitative estimate of drug-likeness (QED) is 0.537. The fourth-order valence-corrected chi connectivity index (χ4v) is 2.71. The fraction of sp³-hybridized carbons (Fsp3) is 0.105. The first-order valence-electron chi connectivity index (χ1n) is 7.51. The van der Waals surface area contributed by atoms with E-state index in [1.807, 2.05) is 62.4 Å². The number of aromatic nitrogens is 1. The monoisotopic (exact) mass is 381 g/mol. The van der Waals surface area contributed by atoms with E-state index in [0.29, 0.717) is 5.56 Å². The first-order chi connectivity index (χ1) is 11.5. The van der Waals surface area contributed by atoms with Crippen LogP contribution in [-0.4, -0.2) is 16.6 Å². The average molecular weight is 382 g/mol. The molecule has 0 atom stereocenters. The standard InChI is InChI=1S/C19H16BrN3O/c1-12-11-17(16-5-3-4-6-18(16)21-12)19(24)23-22-13(2)14-7-9-15(20)10-8-14/h3-11H,1-2H3,(H,23,24)/b22-13-. The largest absolute Gasteiger partial charge is 0.272 e. The minimum atomic E-state index is -0.242. The lowest BCUT2D eigenvalue weighted by Gasteiger charge is -2.07. The van der Waals surface area contributed by atoms with Gasteiger partial charge >= 0.3 is 0 Å². The number of amides is 1. The Kier molecular flexibility index (Phi) is 4.71. The third kappa shape index (κ3) is 3.51. The van der Waals surface area contributed by atoms with E-state index in [1.165, 1.54) is 0 Å². The maximum atomic E-state index is 12.5. The highest BCUT2D eigenvalue weighted by molar-refractivity contribution is 9.10. The number of fused-ring (bicyclic) bond motifs is 1. The van der Waals surface area contributed by atoms with Crippen LogP contribution >= 0.6 is 15.9 Å². The van der Waals surface area contributed by atoms with E-state index in [0.717, 1.165) is 32.3 Å². The van der Waals surface area contributed by atoms with E-state index in [9.17, 15) is 4.79 Å². The number of para-hydroxylation sites is 1. The van der Waals surface area contributed by atoms with Gasteiger partial charge in [0.2, 0.25) is 0 Å². The second-order valence-electron chi connectivity index (χ2n) is 5.47. The van der Waals surface area contributed by atoms with E-state index in [2.05, 4.69) is 31.4 Å². The predicted octanol–water partition coefficient (Wildman–Crippen LogP) is 4.46. The predicted molar refractivity (Wildman–Crippen MR) is 100 cm³/mol. The molecule has 1 aromatic heterocycles. The molecule has 0 aliphatic heterocycles. The molecule has 120 valence electrons. The SMILES string of the molecule is C/C(=N/NC(=O)c1cc(C)nc2ccccc12)c1ccc(Br)cc1. The van der Waals surface area contributed by atoms with Crippen molar-refractivity contribution in [3.63, 3.8) is 0 Å². The summed E-state index contributed by atoms with van der Waals surface area (Å²) in [6.07, 6.45) is 0. The number of aryl methyl sites for hydroxylation is 1. The summed E-state index contributed by atoms with van der Waals surface area (Å²) in [4.78, 5) is 17.0. The van der Waals surface area contributed by atoms with Gasteiger partial charge in [-0.3, -0.25) is 9.78 Å². The number of benzene rings is 2. The molecule has 0 saturated heterocycles. The van der Waals surface area contributed by atoms with Gasteiger partial charge in [0.15, 0.2) is 0 Å². The Morgan fingerprint density at radius 1 is 1.12 bits per heavy atom. The number of carbonyl (C=O) groups is 1. The smallest absolute Gasteiger partial charge is 0.267 e. The van der Waals surface area contributed by atoms with Crippen molar-refractivity contribution >= 4 is 38.5 Å². The summed E-state index contributed by atoms with van der Waals surface area (Å²) in [7, 11) is 0. The third-order valence-electron chi connectivity index (χ3n) is 3.68. The number of nitrogens with zero attached hydrogens (tertiary/aromatic N) is 2. The molecule has 5 heteroatoms. The number of nitrogens with one attached hydrogen (secondary N) is 1. The fourth-order valence-electron chi connectivity index (χ4n) is 2.45. The van der Waals surface area contributed by atoms with Gasteiger partial charge in [-0.2, -0.15) is 5.10 Å². The summed E-state index contributed by atoms with van der Waals surface area (Å²) in [5.74, 6) is -0.242. The Morgan fingerprint density at radius 2 is 1.83 bits per heavy atom. The molecule has 0 aliphatic rings. The van der Waals surface area contributed by atoms with Crippen molar-refractivity contribution in [1.82, 2.24) is 10.4 Å². The van der Waals surface area contributed by atoms with Crippen LogP contribution in [0.1, 0.15) is 28.5 Å². The summed E-state index contributed by atoms with van der Waals surface area (Å²) >= 11 is 3.40. The molecular formula is C19H16BrN3O. The Balaban J connectivity index is 1.87. The molecule has 1 amide bonds. The van der Waals surface area contributed by atoms with Crippen LogP contribution in [0.5, 0.6) is 0 Å². The molecule has 2 aromatic carbocycles. The highest BCUT2D eigenvalue weighted by atomic mass is 79.9. The second-order valence-corrected chi connectivity index (χ2v) is 6.39. The lowest BCUT2D eigenvalue weighted by atomic mass is 10.1. The molecule has 0 aliphatic carbocycles. The van der Waals surface area contributed by atoms with E-state index in [1.54, 1.807) is 6.07 Å². The maximum Gasteiger partial charge on any atom is 0.272 e. The molecule has 3 aromatic rings. The zero-order valence-electron chi connectivity index (χ0n) is 13.4. The van der Waals surface area contributed by atoms with Gasteiger partial charge in [-0.1, -0.05) is 46.3 Å². The normalized spacial score (nSPS) is 11.5. The molecule has 3 rings (SSSR count). The van der Waals surface area contributed by atoms with E-state index in [4.69, 9.17) is 0 Å².